The summed E-state index contributed by atoms with van der Waals surface area (Å²) in [6, 6.07) is 4.60. The van der Waals surface area contributed by atoms with Crippen LogP contribution in [0.1, 0.15) is 142 Å². The number of aliphatic hydroxyl groups excluding tert-OH is 3. The molecule has 0 aliphatic heterocycles. The third-order valence-corrected chi connectivity index (χ3v) is 7.61. The largest absolute Gasteiger partial charge is 0.396 e. The Bertz CT molecular complexity index is 722. The third-order valence-electron chi connectivity index (χ3n) is 7.61. The van der Waals surface area contributed by atoms with Crippen LogP contribution in [0.3, 0.4) is 0 Å². The summed E-state index contributed by atoms with van der Waals surface area (Å²) >= 11 is 0. The summed E-state index contributed by atoms with van der Waals surface area (Å²) in [7, 11) is 0. The summed E-state index contributed by atoms with van der Waals surface area (Å²) in [6.45, 7) is 19.5. The third kappa shape index (κ3) is 11.4. The molecule has 37 heavy (non-hydrogen) atoms. The van der Waals surface area contributed by atoms with E-state index in [-0.39, 0.29) is 43.4 Å². The van der Waals surface area contributed by atoms with Crippen molar-refractivity contribution in [3.8, 4) is 0 Å². The zero-order valence-corrected chi connectivity index (χ0v) is 25.8. The van der Waals surface area contributed by atoms with Gasteiger partial charge in [0.05, 0.1) is 37.9 Å². The standard InChI is InChI=1S/C33H60O4/c1-25(2)17-15-13-11-10-12-14-16-18-29(37-24-33(21-34,22-35)23-36)30-27(31(4,5)6)19-26(3)20-28(30)32(7,8)9/h19-20,25,29,34-36H,10-18,21-24H2,1-9H3. The molecule has 0 saturated heterocycles. The highest BCUT2D eigenvalue weighted by atomic mass is 16.5. The maximum Gasteiger partial charge on any atom is 0.0831 e. The first kappa shape index (κ1) is 34.1. The molecule has 1 aromatic rings. The molecular formula is C33H60O4. The minimum atomic E-state index is -1.04. The lowest BCUT2D eigenvalue weighted by atomic mass is 9.73. The van der Waals surface area contributed by atoms with E-state index in [2.05, 4.69) is 74.4 Å². The van der Waals surface area contributed by atoms with E-state index in [1.165, 1.54) is 67.2 Å². The van der Waals surface area contributed by atoms with E-state index in [4.69, 9.17) is 4.74 Å². The maximum absolute atomic E-state index is 9.93. The Hall–Kier alpha value is -0.940. The van der Waals surface area contributed by atoms with Gasteiger partial charge in [-0.15, -0.1) is 0 Å². The van der Waals surface area contributed by atoms with Crippen LogP contribution >= 0.6 is 0 Å². The molecule has 3 N–H and O–H groups in total. The molecule has 0 bridgehead atoms. The molecule has 1 atom stereocenters. The molecule has 0 spiro atoms. The lowest BCUT2D eigenvalue weighted by Gasteiger charge is -2.36. The van der Waals surface area contributed by atoms with Crippen molar-refractivity contribution in [3.63, 3.8) is 0 Å². The fourth-order valence-corrected chi connectivity index (χ4v) is 5.03. The number of hydrogen-bond donors (Lipinski definition) is 3. The monoisotopic (exact) mass is 520 g/mol. The number of rotatable bonds is 17. The van der Waals surface area contributed by atoms with Gasteiger partial charge >= 0.3 is 0 Å². The van der Waals surface area contributed by atoms with Crippen molar-refractivity contribution in [2.24, 2.45) is 11.3 Å². The zero-order chi connectivity index (χ0) is 28.3. The second-order valence-corrected chi connectivity index (χ2v) is 14.0. The van der Waals surface area contributed by atoms with Gasteiger partial charge in [-0.25, -0.2) is 0 Å². The Morgan fingerprint density at radius 2 is 1.08 bits per heavy atom. The highest BCUT2D eigenvalue weighted by Crippen LogP contribution is 2.42. The number of aryl methyl sites for hydroxylation is 1. The van der Waals surface area contributed by atoms with Gasteiger partial charge in [0, 0.05) is 0 Å². The molecule has 0 heterocycles. The van der Waals surface area contributed by atoms with E-state index in [0.29, 0.717) is 0 Å². The fourth-order valence-electron chi connectivity index (χ4n) is 5.03. The molecule has 0 aliphatic carbocycles. The van der Waals surface area contributed by atoms with E-state index in [1.807, 2.05) is 0 Å². The lowest BCUT2D eigenvalue weighted by Crippen LogP contribution is -2.39. The van der Waals surface area contributed by atoms with Gasteiger partial charge in [0.2, 0.25) is 0 Å². The number of hydrogen-bond acceptors (Lipinski definition) is 4. The Kier molecular flexibility index (Phi) is 14.4. The Morgan fingerprint density at radius 1 is 0.676 bits per heavy atom. The van der Waals surface area contributed by atoms with Crippen LogP contribution in [0, 0.1) is 18.3 Å². The molecule has 0 saturated carbocycles. The highest BCUT2D eigenvalue weighted by Gasteiger charge is 2.34. The second-order valence-electron chi connectivity index (χ2n) is 14.0. The minimum absolute atomic E-state index is 0.0546. The van der Waals surface area contributed by atoms with Crippen LogP contribution in [-0.2, 0) is 15.6 Å². The molecule has 1 unspecified atom stereocenters. The molecule has 216 valence electrons. The normalized spacial score (nSPS) is 14.0. The van der Waals surface area contributed by atoms with E-state index >= 15 is 0 Å². The van der Waals surface area contributed by atoms with Crippen LogP contribution in [0.25, 0.3) is 0 Å². The first-order chi connectivity index (χ1) is 17.2. The summed E-state index contributed by atoms with van der Waals surface area (Å²) in [5.74, 6) is 0.802. The molecule has 1 rings (SSSR count). The highest BCUT2D eigenvalue weighted by molar-refractivity contribution is 5.47. The average Bonchev–Trinajstić information content (AvgIpc) is 2.81. The second kappa shape index (κ2) is 15.6. The molecule has 4 nitrogen and oxygen atoms in total. The van der Waals surface area contributed by atoms with E-state index < -0.39 is 5.41 Å². The molecule has 0 radical (unpaired) electrons. The molecule has 0 aliphatic rings. The van der Waals surface area contributed by atoms with Gasteiger partial charge in [-0.05, 0) is 46.8 Å². The van der Waals surface area contributed by atoms with Gasteiger partial charge in [0.15, 0.2) is 0 Å². The smallest absolute Gasteiger partial charge is 0.0831 e. The van der Waals surface area contributed by atoms with Crippen LogP contribution in [-0.4, -0.2) is 41.7 Å². The van der Waals surface area contributed by atoms with E-state index in [1.54, 1.807) is 0 Å². The summed E-state index contributed by atoms with van der Waals surface area (Å²) in [4.78, 5) is 0. The van der Waals surface area contributed by atoms with Crippen molar-refractivity contribution in [1.82, 2.24) is 0 Å². The molecule has 0 amide bonds. The van der Waals surface area contributed by atoms with Gasteiger partial charge in [-0.3, -0.25) is 0 Å². The van der Waals surface area contributed by atoms with Crippen LogP contribution in [0.4, 0.5) is 0 Å². The van der Waals surface area contributed by atoms with Crippen molar-refractivity contribution < 1.29 is 20.1 Å². The van der Waals surface area contributed by atoms with Gasteiger partial charge < -0.3 is 20.1 Å². The Labute approximate surface area is 229 Å². The summed E-state index contributed by atoms with van der Waals surface area (Å²) in [5, 5.41) is 29.8. The number of ether oxygens (including phenoxy) is 1. The Morgan fingerprint density at radius 3 is 1.46 bits per heavy atom. The summed E-state index contributed by atoms with van der Waals surface area (Å²) in [6.07, 6.45) is 10.8. The number of benzene rings is 1. The molecule has 1 aromatic carbocycles. The van der Waals surface area contributed by atoms with Crippen LogP contribution in [0.5, 0.6) is 0 Å². The van der Waals surface area contributed by atoms with Crippen LogP contribution in [0.15, 0.2) is 12.1 Å². The minimum Gasteiger partial charge on any atom is -0.396 e. The summed E-state index contributed by atoms with van der Waals surface area (Å²) in [5.41, 5.74) is 3.96. The van der Waals surface area contributed by atoms with Crippen molar-refractivity contribution in [3.05, 3.63) is 34.4 Å². The number of unbranched alkanes of at least 4 members (excludes halogenated alkanes) is 6. The average molecular weight is 521 g/mol. The van der Waals surface area contributed by atoms with Gasteiger partial charge in [-0.2, -0.15) is 0 Å². The van der Waals surface area contributed by atoms with Crippen molar-refractivity contribution >= 4 is 0 Å². The zero-order valence-electron chi connectivity index (χ0n) is 25.8. The van der Waals surface area contributed by atoms with Crippen molar-refractivity contribution in [1.29, 1.82) is 0 Å². The quantitative estimate of drug-likeness (QED) is 0.183. The molecule has 4 heteroatoms. The fraction of sp³-hybridized carbons (Fsp3) is 0.818. The lowest BCUT2D eigenvalue weighted by molar-refractivity contribution is -0.0836. The van der Waals surface area contributed by atoms with Gasteiger partial charge in [-0.1, -0.05) is 124 Å². The van der Waals surface area contributed by atoms with E-state index in [0.717, 1.165) is 18.8 Å². The van der Waals surface area contributed by atoms with Crippen molar-refractivity contribution in [2.45, 2.75) is 137 Å². The predicted octanol–water partition coefficient (Wildman–Crippen LogP) is 7.78. The SMILES string of the molecule is Cc1cc(C(C)(C)C)c(C(CCCCCCCCCC(C)C)OCC(CO)(CO)CO)c(C(C)(C)C)c1. The molecule has 0 fully saturated rings. The maximum atomic E-state index is 9.93. The predicted molar refractivity (Wildman–Crippen MR) is 157 cm³/mol. The van der Waals surface area contributed by atoms with Crippen LogP contribution < -0.4 is 0 Å². The van der Waals surface area contributed by atoms with Crippen LogP contribution in [0.2, 0.25) is 0 Å². The Balaban J connectivity index is 3.16. The molecular weight excluding hydrogens is 460 g/mol. The van der Waals surface area contributed by atoms with Gasteiger partial charge in [0.25, 0.3) is 0 Å². The summed E-state index contributed by atoms with van der Waals surface area (Å²) < 4.78 is 6.58. The van der Waals surface area contributed by atoms with E-state index in [9.17, 15) is 15.3 Å². The van der Waals surface area contributed by atoms with Gasteiger partial charge in [0.1, 0.15) is 0 Å². The first-order valence-corrected chi connectivity index (χ1v) is 14.8. The topological polar surface area (TPSA) is 69.9 Å². The first-order valence-electron chi connectivity index (χ1n) is 14.8. The van der Waals surface area contributed by atoms with Crippen molar-refractivity contribution in [2.75, 3.05) is 26.4 Å². The molecule has 0 aromatic heterocycles. The number of aliphatic hydroxyl groups is 3.